The van der Waals surface area contributed by atoms with Gasteiger partial charge in [0.05, 0.1) is 19.6 Å². The molecule has 0 amide bonds. The SMILES string of the molecule is CCOC(=O)C(CC)N(C)CC(C)C(=O)OC. The minimum Gasteiger partial charge on any atom is -0.469 e. The molecule has 0 aromatic rings. The van der Waals surface area contributed by atoms with Gasteiger partial charge in [-0.2, -0.15) is 0 Å². The summed E-state index contributed by atoms with van der Waals surface area (Å²) in [5, 5.41) is 0. The minimum absolute atomic E-state index is 0.241. The van der Waals surface area contributed by atoms with Crippen LogP contribution in [0.15, 0.2) is 0 Å². The maximum absolute atomic E-state index is 11.7. The summed E-state index contributed by atoms with van der Waals surface area (Å²) in [5.74, 6) is -0.765. The van der Waals surface area contributed by atoms with Crippen molar-refractivity contribution in [2.24, 2.45) is 5.92 Å². The van der Waals surface area contributed by atoms with Crippen LogP contribution in [0.5, 0.6) is 0 Å². The molecule has 0 radical (unpaired) electrons. The predicted molar refractivity (Wildman–Crippen MR) is 64.5 cm³/mol. The lowest BCUT2D eigenvalue weighted by molar-refractivity contribution is -0.152. The number of ether oxygens (including phenoxy) is 2. The Balaban J connectivity index is 4.39. The molecule has 0 aromatic carbocycles. The minimum atomic E-state index is -0.304. The molecule has 2 atom stereocenters. The van der Waals surface area contributed by atoms with Crippen molar-refractivity contribution < 1.29 is 19.1 Å². The van der Waals surface area contributed by atoms with E-state index in [1.54, 1.807) is 13.8 Å². The molecule has 0 heterocycles. The Morgan fingerprint density at radius 3 is 2.24 bits per heavy atom. The van der Waals surface area contributed by atoms with Gasteiger partial charge in [-0.3, -0.25) is 14.5 Å². The highest BCUT2D eigenvalue weighted by atomic mass is 16.5. The Kier molecular flexibility index (Phi) is 7.54. The van der Waals surface area contributed by atoms with Crippen molar-refractivity contribution >= 4 is 11.9 Å². The average Bonchev–Trinajstić information content (AvgIpc) is 2.29. The van der Waals surface area contributed by atoms with Crippen molar-refractivity contribution in [3.05, 3.63) is 0 Å². The highest BCUT2D eigenvalue weighted by molar-refractivity contribution is 5.76. The maximum Gasteiger partial charge on any atom is 0.323 e. The first-order valence-corrected chi connectivity index (χ1v) is 5.92. The molecule has 5 heteroatoms. The lowest BCUT2D eigenvalue weighted by Gasteiger charge is -2.26. The van der Waals surface area contributed by atoms with Gasteiger partial charge in [-0.15, -0.1) is 0 Å². The third-order valence-corrected chi connectivity index (χ3v) is 2.64. The summed E-state index contributed by atoms with van der Waals surface area (Å²) in [7, 11) is 3.17. The van der Waals surface area contributed by atoms with Crippen LogP contribution in [-0.4, -0.2) is 50.2 Å². The van der Waals surface area contributed by atoms with Crippen molar-refractivity contribution in [2.45, 2.75) is 33.2 Å². The summed E-state index contributed by atoms with van der Waals surface area (Å²) in [5.41, 5.74) is 0. The van der Waals surface area contributed by atoms with E-state index in [1.165, 1.54) is 7.11 Å². The summed E-state index contributed by atoms with van der Waals surface area (Å²) in [6.45, 7) is 6.32. The van der Waals surface area contributed by atoms with Gasteiger partial charge in [0.1, 0.15) is 6.04 Å². The van der Waals surface area contributed by atoms with Gasteiger partial charge in [0.25, 0.3) is 0 Å². The molecule has 0 saturated heterocycles. The molecule has 5 nitrogen and oxygen atoms in total. The van der Waals surface area contributed by atoms with Gasteiger partial charge in [-0.05, 0) is 20.4 Å². The van der Waals surface area contributed by atoms with Gasteiger partial charge in [-0.1, -0.05) is 13.8 Å². The zero-order valence-electron chi connectivity index (χ0n) is 11.4. The zero-order chi connectivity index (χ0) is 13.4. The Morgan fingerprint density at radius 2 is 1.82 bits per heavy atom. The first-order chi connectivity index (χ1) is 7.97. The average molecular weight is 245 g/mol. The predicted octanol–water partition coefficient (Wildman–Crippen LogP) is 1.07. The molecular formula is C12H23NO4. The number of carbonyl (C=O) groups is 2. The molecule has 0 aliphatic rings. The summed E-state index contributed by atoms with van der Waals surface area (Å²) in [6, 6.07) is -0.304. The Morgan fingerprint density at radius 1 is 1.24 bits per heavy atom. The van der Waals surface area contributed by atoms with E-state index in [-0.39, 0.29) is 23.9 Å². The van der Waals surface area contributed by atoms with Crippen molar-refractivity contribution in [2.75, 3.05) is 27.3 Å². The van der Waals surface area contributed by atoms with E-state index in [0.717, 1.165) is 0 Å². The molecule has 0 bridgehead atoms. The van der Waals surface area contributed by atoms with Crippen molar-refractivity contribution in [3.8, 4) is 0 Å². The molecule has 0 aliphatic heterocycles. The zero-order valence-corrected chi connectivity index (χ0v) is 11.4. The number of methoxy groups -OCH3 is 1. The van der Waals surface area contributed by atoms with E-state index < -0.39 is 0 Å². The largest absolute Gasteiger partial charge is 0.469 e. The summed E-state index contributed by atoms with van der Waals surface area (Å²) in [4.78, 5) is 24.8. The van der Waals surface area contributed by atoms with Gasteiger partial charge in [0.2, 0.25) is 0 Å². The monoisotopic (exact) mass is 245 g/mol. The molecule has 0 N–H and O–H groups in total. The molecule has 2 unspecified atom stereocenters. The number of esters is 2. The molecule has 0 aliphatic carbocycles. The van der Waals surface area contributed by atoms with Crippen LogP contribution in [0.4, 0.5) is 0 Å². The van der Waals surface area contributed by atoms with E-state index in [2.05, 4.69) is 4.74 Å². The van der Waals surface area contributed by atoms with Gasteiger partial charge in [0.15, 0.2) is 0 Å². The fourth-order valence-corrected chi connectivity index (χ4v) is 1.73. The lowest BCUT2D eigenvalue weighted by atomic mass is 10.1. The van der Waals surface area contributed by atoms with E-state index >= 15 is 0 Å². The summed E-state index contributed by atoms with van der Waals surface area (Å²) >= 11 is 0. The lowest BCUT2D eigenvalue weighted by Crippen LogP contribution is -2.42. The summed E-state index contributed by atoms with van der Waals surface area (Å²) < 4.78 is 9.64. The van der Waals surface area contributed by atoms with Crippen molar-refractivity contribution in [1.82, 2.24) is 4.90 Å². The third kappa shape index (κ3) is 5.17. The second-order valence-electron chi connectivity index (χ2n) is 4.04. The number of nitrogens with zero attached hydrogens (tertiary/aromatic N) is 1. The van der Waals surface area contributed by atoms with E-state index in [1.807, 2.05) is 18.9 Å². The van der Waals surface area contributed by atoms with E-state index in [4.69, 9.17) is 4.74 Å². The maximum atomic E-state index is 11.7. The van der Waals surface area contributed by atoms with Crippen LogP contribution < -0.4 is 0 Å². The van der Waals surface area contributed by atoms with Crippen LogP contribution in [0.1, 0.15) is 27.2 Å². The molecular weight excluding hydrogens is 222 g/mol. The number of hydrogen-bond acceptors (Lipinski definition) is 5. The molecule has 0 spiro atoms. The number of rotatable bonds is 7. The number of carbonyl (C=O) groups excluding carboxylic acids is 2. The highest BCUT2D eigenvalue weighted by Gasteiger charge is 2.25. The quantitative estimate of drug-likeness (QED) is 0.628. The Bertz CT molecular complexity index is 255. The third-order valence-electron chi connectivity index (χ3n) is 2.64. The molecule has 0 saturated carbocycles. The second kappa shape index (κ2) is 8.06. The van der Waals surface area contributed by atoms with E-state index in [0.29, 0.717) is 19.6 Å². The van der Waals surface area contributed by atoms with Gasteiger partial charge in [-0.25, -0.2) is 0 Å². The molecule has 0 rings (SSSR count). The normalized spacial score (nSPS) is 14.2. The molecule has 0 fully saturated rings. The van der Waals surface area contributed by atoms with Crippen LogP contribution >= 0.6 is 0 Å². The van der Waals surface area contributed by atoms with Gasteiger partial charge >= 0.3 is 11.9 Å². The fraction of sp³-hybridized carbons (Fsp3) is 0.833. The Labute approximate surface area is 103 Å². The fourth-order valence-electron chi connectivity index (χ4n) is 1.73. The van der Waals surface area contributed by atoms with Gasteiger partial charge in [0, 0.05) is 6.54 Å². The van der Waals surface area contributed by atoms with E-state index in [9.17, 15) is 9.59 Å². The molecule has 100 valence electrons. The van der Waals surface area contributed by atoms with Crippen LogP contribution in [0.2, 0.25) is 0 Å². The van der Waals surface area contributed by atoms with Crippen LogP contribution in [-0.2, 0) is 19.1 Å². The van der Waals surface area contributed by atoms with Crippen LogP contribution in [0, 0.1) is 5.92 Å². The van der Waals surface area contributed by atoms with Crippen molar-refractivity contribution in [3.63, 3.8) is 0 Å². The second-order valence-corrected chi connectivity index (χ2v) is 4.04. The van der Waals surface area contributed by atoms with Crippen LogP contribution in [0.3, 0.4) is 0 Å². The smallest absolute Gasteiger partial charge is 0.323 e. The standard InChI is InChI=1S/C12H23NO4/c1-6-10(12(15)17-7-2)13(4)8-9(3)11(14)16-5/h9-10H,6-8H2,1-5H3. The summed E-state index contributed by atoms with van der Waals surface area (Å²) in [6.07, 6.45) is 0.656. The first kappa shape index (κ1) is 15.9. The topological polar surface area (TPSA) is 55.8 Å². The number of likely N-dealkylation sites (N-methyl/N-ethyl adjacent to an activating group) is 1. The Hall–Kier alpha value is -1.10. The van der Waals surface area contributed by atoms with Crippen LogP contribution in [0.25, 0.3) is 0 Å². The highest BCUT2D eigenvalue weighted by Crippen LogP contribution is 2.08. The van der Waals surface area contributed by atoms with Crippen molar-refractivity contribution in [1.29, 1.82) is 0 Å². The number of hydrogen-bond donors (Lipinski definition) is 0. The first-order valence-electron chi connectivity index (χ1n) is 5.92. The van der Waals surface area contributed by atoms with Gasteiger partial charge < -0.3 is 9.47 Å². The molecule has 0 aromatic heterocycles. The molecule has 17 heavy (non-hydrogen) atoms.